The Labute approximate surface area is 160 Å². The smallest absolute Gasteiger partial charge is 0.272 e. The maximum atomic E-state index is 12.8. The highest BCUT2D eigenvalue weighted by Crippen LogP contribution is 2.22. The first-order valence-electron chi connectivity index (χ1n) is 9.76. The Morgan fingerprint density at radius 3 is 2.74 bits per heavy atom. The van der Waals surface area contributed by atoms with Crippen LogP contribution in [0.25, 0.3) is 0 Å². The molecule has 7 nitrogen and oxygen atoms in total. The van der Waals surface area contributed by atoms with Crippen molar-refractivity contribution in [1.29, 1.82) is 0 Å². The van der Waals surface area contributed by atoms with Crippen LogP contribution in [-0.4, -0.2) is 41.3 Å². The number of carbonyl (C=O) groups excluding carboxylic acids is 2. The number of aryl methyl sites for hydroxylation is 1. The van der Waals surface area contributed by atoms with Crippen LogP contribution in [0.15, 0.2) is 18.2 Å². The molecular weight excluding hydrogens is 346 g/mol. The van der Waals surface area contributed by atoms with Crippen LogP contribution in [-0.2, 0) is 4.79 Å². The van der Waals surface area contributed by atoms with Crippen LogP contribution in [0.3, 0.4) is 0 Å². The summed E-state index contributed by atoms with van der Waals surface area (Å²) in [6.07, 6.45) is 6.00. The van der Waals surface area contributed by atoms with Crippen LogP contribution in [0.1, 0.15) is 61.4 Å². The first kappa shape index (κ1) is 20.9. The van der Waals surface area contributed by atoms with Crippen molar-refractivity contribution in [2.24, 2.45) is 5.92 Å². The number of hydrogen-bond donors (Lipinski definition) is 1. The van der Waals surface area contributed by atoms with E-state index in [1.807, 2.05) is 0 Å². The molecule has 0 aliphatic carbocycles. The normalized spacial score (nSPS) is 16.8. The van der Waals surface area contributed by atoms with Crippen molar-refractivity contribution in [3.05, 3.63) is 39.4 Å². The van der Waals surface area contributed by atoms with Gasteiger partial charge in [-0.15, -0.1) is 0 Å². The van der Waals surface area contributed by atoms with Gasteiger partial charge in [0.1, 0.15) is 0 Å². The fourth-order valence-electron chi connectivity index (χ4n) is 3.46. The van der Waals surface area contributed by atoms with Crippen LogP contribution in [0.5, 0.6) is 0 Å². The standard InChI is InChI=1S/C20H29N3O4/c1-3-4-5-6-11-21-19(24)17-8-7-12-22(14-17)20(25)16-9-10-18(23(26)27)15(2)13-16/h9-10,13,17H,3-8,11-12,14H2,1-2H3,(H,21,24). The van der Waals surface area contributed by atoms with Gasteiger partial charge in [-0.1, -0.05) is 26.2 Å². The molecule has 0 radical (unpaired) electrons. The summed E-state index contributed by atoms with van der Waals surface area (Å²) in [5.41, 5.74) is 0.897. The van der Waals surface area contributed by atoms with Gasteiger partial charge >= 0.3 is 0 Å². The second-order valence-corrected chi connectivity index (χ2v) is 7.20. The molecule has 1 heterocycles. The molecule has 0 bridgehead atoms. The number of benzene rings is 1. The molecule has 0 saturated carbocycles. The Bertz CT molecular complexity index is 690. The van der Waals surface area contributed by atoms with Gasteiger partial charge in [-0.05, 0) is 38.3 Å². The summed E-state index contributed by atoms with van der Waals surface area (Å²) in [7, 11) is 0. The number of rotatable bonds is 8. The predicted molar refractivity (Wildman–Crippen MR) is 104 cm³/mol. The monoisotopic (exact) mass is 375 g/mol. The van der Waals surface area contributed by atoms with E-state index < -0.39 is 4.92 Å². The topological polar surface area (TPSA) is 92.6 Å². The lowest BCUT2D eigenvalue weighted by Gasteiger charge is -2.32. The van der Waals surface area contributed by atoms with E-state index in [2.05, 4.69) is 12.2 Å². The zero-order chi connectivity index (χ0) is 19.8. The van der Waals surface area contributed by atoms with Gasteiger partial charge in [0.15, 0.2) is 0 Å². The third-order valence-corrected chi connectivity index (χ3v) is 5.05. The van der Waals surface area contributed by atoms with Crippen molar-refractivity contribution in [3.63, 3.8) is 0 Å². The molecule has 0 aromatic heterocycles. The Balaban J connectivity index is 1.93. The average Bonchev–Trinajstić information content (AvgIpc) is 2.66. The van der Waals surface area contributed by atoms with E-state index in [1.54, 1.807) is 17.9 Å². The molecule has 1 aromatic carbocycles. The summed E-state index contributed by atoms with van der Waals surface area (Å²) < 4.78 is 0. The fraction of sp³-hybridized carbons (Fsp3) is 0.600. The molecule has 0 spiro atoms. The number of likely N-dealkylation sites (tertiary alicyclic amines) is 1. The Morgan fingerprint density at radius 2 is 2.07 bits per heavy atom. The van der Waals surface area contributed by atoms with E-state index in [9.17, 15) is 19.7 Å². The maximum absolute atomic E-state index is 12.8. The van der Waals surface area contributed by atoms with E-state index in [0.717, 1.165) is 32.1 Å². The van der Waals surface area contributed by atoms with Crippen molar-refractivity contribution in [1.82, 2.24) is 10.2 Å². The summed E-state index contributed by atoms with van der Waals surface area (Å²) in [6, 6.07) is 4.41. The van der Waals surface area contributed by atoms with Crippen molar-refractivity contribution in [2.45, 2.75) is 52.4 Å². The summed E-state index contributed by atoms with van der Waals surface area (Å²) in [6.45, 7) is 5.47. The van der Waals surface area contributed by atoms with E-state index in [0.29, 0.717) is 30.8 Å². The fourth-order valence-corrected chi connectivity index (χ4v) is 3.46. The van der Waals surface area contributed by atoms with Gasteiger partial charge in [-0.3, -0.25) is 19.7 Å². The highest BCUT2D eigenvalue weighted by Gasteiger charge is 2.29. The van der Waals surface area contributed by atoms with Crippen LogP contribution in [0.2, 0.25) is 0 Å². The maximum Gasteiger partial charge on any atom is 0.272 e. The van der Waals surface area contributed by atoms with Gasteiger partial charge in [0, 0.05) is 36.8 Å². The quantitative estimate of drug-likeness (QED) is 0.428. The van der Waals surface area contributed by atoms with E-state index in [4.69, 9.17) is 0 Å². The first-order valence-corrected chi connectivity index (χ1v) is 9.76. The minimum absolute atomic E-state index is 0.00511. The van der Waals surface area contributed by atoms with Crippen molar-refractivity contribution < 1.29 is 14.5 Å². The van der Waals surface area contributed by atoms with Gasteiger partial charge in [0.05, 0.1) is 10.8 Å². The van der Waals surface area contributed by atoms with Gasteiger partial charge in [-0.2, -0.15) is 0 Å². The highest BCUT2D eigenvalue weighted by molar-refractivity contribution is 5.95. The predicted octanol–water partition coefficient (Wildman–Crippen LogP) is 3.45. The minimum atomic E-state index is -0.453. The molecule has 27 heavy (non-hydrogen) atoms. The molecule has 1 saturated heterocycles. The lowest BCUT2D eigenvalue weighted by Crippen LogP contribution is -2.45. The molecule has 2 rings (SSSR count). The Morgan fingerprint density at radius 1 is 1.30 bits per heavy atom. The van der Waals surface area contributed by atoms with E-state index in [-0.39, 0.29) is 23.4 Å². The van der Waals surface area contributed by atoms with Crippen molar-refractivity contribution >= 4 is 17.5 Å². The summed E-state index contributed by atoms with van der Waals surface area (Å²) >= 11 is 0. The first-order chi connectivity index (χ1) is 12.9. The third-order valence-electron chi connectivity index (χ3n) is 5.05. The molecule has 1 unspecified atom stereocenters. The van der Waals surface area contributed by atoms with Crippen molar-refractivity contribution in [2.75, 3.05) is 19.6 Å². The van der Waals surface area contributed by atoms with Gasteiger partial charge < -0.3 is 10.2 Å². The summed E-state index contributed by atoms with van der Waals surface area (Å²) in [4.78, 5) is 37.3. The number of nitrogens with one attached hydrogen (secondary N) is 1. The Kier molecular flexibility index (Phi) is 7.76. The van der Waals surface area contributed by atoms with Crippen molar-refractivity contribution in [3.8, 4) is 0 Å². The molecular formula is C20H29N3O4. The number of amides is 2. The number of hydrogen-bond acceptors (Lipinski definition) is 4. The van der Waals surface area contributed by atoms with Crippen LogP contribution in [0.4, 0.5) is 5.69 Å². The molecule has 1 aliphatic heterocycles. The number of nitrogens with zero attached hydrogens (tertiary/aromatic N) is 2. The zero-order valence-corrected chi connectivity index (χ0v) is 16.2. The summed E-state index contributed by atoms with van der Waals surface area (Å²) in [5.74, 6) is -0.342. The Hall–Kier alpha value is -2.44. The van der Waals surface area contributed by atoms with Crippen LogP contribution in [0, 0.1) is 23.0 Å². The third kappa shape index (κ3) is 5.77. The lowest BCUT2D eigenvalue weighted by atomic mass is 9.96. The number of nitro groups is 1. The zero-order valence-electron chi connectivity index (χ0n) is 16.2. The SMILES string of the molecule is CCCCCCNC(=O)C1CCCN(C(=O)c2ccc([N+](=O)[O-])c(C)c2)C1. The van der Waals surface area contributed by atoms with Gasteiger partial charge in [0.2, 0.25) is 5.91 Å². The van der Waals surface area contributed by atoms with Crippen LogP contribution < -0.4 is 5.32 Å². The number of carbonyl (C=O) groups is 2. The average molecular weight is 375 g/mol. The summed E-state index contributed by atoms with van der Waals surface area (Å²) in [5, 5.41) is 13.9. The molecule has 7 heteroatoms. The number of piperidine rings is 1. The number of unbranched alkanes of at least 4 members (excludes halogenated alkanes) is 3. The van der Waals surface area contributed by atoms with Crippen LogP contribution >= 0.6 is 0 Å². The largest absolute Gasteiger partial charge is 0.356 e. The van der Waals surface area contributed by atoms with Gasteiger partial charge in [0.25, 0.3) is 11.6 Å². The number of nitro benzene ring substituents is 1. The highest BCUT2D eigenvalue weighted by atomic mass is 16.6. The lowest BCUT2D eigenvalue weighted by molar-refractivity contribution is -0.385. The molecule has 1 atom stereocenters. The molecule has 2 amide bonds. The molecule has 1 aromatic rings. The second-order valence-electron chi connectivity index (χ2n) is 7.20. The minimum Gasteiger partial charge on any atom is -0.356 e. The molecule has 1 N–H and O–H groups in total. The van der Waals surface area contributed by atoms with E-state index in [1.165, 1.54) is 18.6 Å². The van der Waals surface area contributed by atoms with E-state index >= 15 is 0 Å². The van der Waals surface area contributed by atoms with Gasteiger partial charge in [-0.25, -0.2) is 0 Å². The molecule has 1 fully saturated rings. The molecule has 148 valence electrons. The second kappa shape index (κ2) is 10.0. The molecule has 1 aliphatic rings.